The van der Waals surface area contributed by atoms with Crippen molar-refractivity contribution in [2.45, 2.75) is 49.2 Å². The molecule has 1 aliphatic rings. The maximum Gasteiger partial charge on any atom is 0.234 e. The highest BCUT2D eigenvalue weighted by molar-refractivity contribution is 8.00. The lowest BCUT2D eigenvalue weighted by Crippen LogP contribution is -2.14. The van der Waals surface area contributed by atoms with Crippen molar-refractivity contribution in [3.8, 4) is 5.75 Å². The molecule has 3 heterocycles. The summed E-state index contributed by atoms with van der Waals surface area (Å²) in [5.41, 5.74) is 5.69. The molecule has 1 N–H and O–H groups in total. The third kappa shape index (κ3) is 4.25. The van der Waals surface area contributed by atoms with Crippen LogP contribution >= 0.6 is 34.9 Å². The van der Waals surface area contributed by atoms with Crippen LogP contribution in [0.2, 0.25) is 0 Å². The normalized spacial score (nSPS) is 13.1. The number of hydrogen-bond donors (Lipinski definition) is 1. The van der Waals surface area contributed by atoms with Crippen LogP contribution in [-0.4, -0.2) is 40.0 Å². The van der Waals surface area contributed by atoms with E-state index in [-0.39, 0.29) is 11.7 Å². The highest BCUT2D eigenvalue weighted by atomic mass is 32.2. The first-order chi connectivity index (χ1) is 16.5. The van der Waals surface area contributed by atoms with Crippen LogP contribution in [-0.2, 0) is 17.6 Å². The summed E-state index contributed by atoms with van der Waals surface area (Å²) in [6.45, 7) is 4.43. The Morgan fingerprint density at radius 1 is 1.18 bits per heavy atom. The number of carbonyl (C=O) groups excluding carboxylic acids is 1. The number of anilines is 1. The van der Waals surface area contributed by atoms with Gasteiger partial charge in [-0.1, -0.05) is 49.5 Å². The van der Waals surface area contributed by atoms with Gasteiger partial charge in [0.2, 0.25) is 5.91 Å². The Balaban J connectivity index is 1.52. The summed E-state index contributed by atoms with van der Waals surface area (Å²) in [7, 11) is 1.60. The first-order valence-electron chi connectivity index (χ1n) is 11.3. The van der Waals surface area contributed by atoms with Crippen LogP contribution in [0.1, 0.15) is 43.0 Å². The smallest absolute Gasteiger partial charge is 0.234 e. The average Bonchev–Trinajstić information content (AvgIpc) is 3.46. The van der Waals surface area contributed by atoms with Crippen molar-refractivity contribution in [2.24, 2.45) is 0 Å². The second-order valence-corrected chi connectivity index (χ2v) is 11.2. The first kappa shape index (κ1) is 23.4. The average molecular weight is 511 g/mol. The maximum absolute atomic E-state index is 12.7. The molecule has 0 fully saturated rings. The van der Waals surface area contributed by atoms with E-state index < -0.39 is 0 Å². The lowest BCUT2D eigenvalue weighted by Gasteiger charge is -2.12. The topological polar surface area (TPSA) is 77.0 Å². The number of ether oxygens (including phenoxy) is 1. The molecule has 34 heavy (non-hydrogen) atoms. The molecular weight excluding hydrogens is 485 g/mol. The molecule has 5 rings (SSSR count). The van der Waals surface area contributed by atoms with Gasteiger partial charge in [-0.15, -0.1) is 11.3 Å². The number of nitrogens with one attached hydrogen (secondary N) is 1. The second kappa shape index (κ2) is 9.71. The molecule has 1 amide bonds. The number of amides is 1. The fourth-order valence-corrected chi connectivity index (χ4v) is 6.97. The fourth-order valence-electron chi connectivity index (χ4n) is 4.49. The predicted molar refractivity (Wildman–Crippen MR) is 143 cm³/mol. The number of thiophene rings is 1. The zero-order valence-corrected chi connectivity index (χ0v) is 22.0. The third-order valence-electron chi connectivity index (χ3n) is 5.96. The van der Waals surface area contributed by atoms with E-state index in [0.29, 0.717) is 17.4 Å². The second-order valence-electron chi connectivity index (χ2n) is 8.47. The molecule has 0 spiro atoms. The molecule has 1 aliphatic carbocycles. The standard InChI is InChI=1S/C25H26N4O2S3/c1-13(2)20-15-9-7-8-14(15)19-21-22(34-23(19)27-20)24(29-25(28-21)32-4)33-12-18(30)26-16-10-5-6-11-17(16)31-3/h5-6,10-11,13H,7-9,12H2,1-4H3,(H,26,30). The minimum Gasteiger partial charge on any atom is -0.495 e. The fraction of sp³-hybridized carbons (Fsp3) is 0.360. The highest BCUT2D eigenvalue weighted by Gasteiger charge is 2.26. The van der Waals surface area contributed by atoms with Gasteiger partial charge in [0, 0.05) is 11.1 Å². The van der Waals surface area contributed by atoms with Crippen molar-refractivity contribution in [3.63, 3.8) is 0 Å². The number of nitrogens with zero attached hydrogens (tertiary/aromatic N) is 3. The van der Waals surface area contributed by atoms with Crippen molar-refractivity contribution < 1.29 is 9.53 Å². The van der Waals surface area contributed by atoms with Crippen molar-refractivity contribution in [2.75, 3.05) is 24.4 Å². The Kier molecular flexibility index (Phi) is 6.68. The number of pyridine rings is 1. The van der Waals surface area contributed by atoms with Gasteiger partial charge in [0.05, 0.1) is 28.8 Å². The van der Waals surface area contributed by atoms with E-state index in [1.165, 1.54) is 52.2 Å². The van der Waals surface area contributed by atoms with E-state index in [9.17, 15) is 4.79 Å². The zero-order chi connectivity index (χ0) is 23.8. The van der Waals surface area contributed by atoms with Gasteiger partial charge < -0.3 is 10.1 Å². The molecule has 3 aromatic heterocycles. The number of fused-ring (bicyclic) bond motifs is 5. The molecule has 176 valence electrons. The van der Waals surface area contributed by atoms with Gasteiger partial charge in [-0.3, -0.25) is 4.79 Å². The van der Waals surface area contributed by atoms with Crippen LogP contribution in [0.25, 0.3) is 20.4 Å². The molecule has 0 unspecified atom stereocenters. The van der Waals surface area contributed by atoms with E-state index in [4.69, 9.17) is 19.7 Å². The summed E-state index contributed by atoms with van der Waals surface area (Å²) >= 11 is 4.62. The van der Waals surface area contributed by atoms with E-state index in [0.717, 1.165) is 38.1 Å². The van der Waals surface area contributed by atoms with Crippen molar-refractivity contribution in [3.05, 3.63) is 41.1 Å². The van der Waals surface area contributed by atoms with Crippen LogP contribution in [0, 0.1) is 0 Å². The van der Waals surface area contributed by atoms with Gasteiger partial charge in [0.25, 0.3) is 0 Å². The monoisotopic (exact) mass is 510 g/mol. The van der Waals surface area contributed by atoms with Crippen LogP contribution in [0.3, 0.4) is 0 Å². The van der Waals surface area contributed by atoms with Crippen LogP contribution < -0.4 is 10.1 Å². The number of rotatable bonds is 7. The number of benzene rings is 1. The summed E-state index contributed by atoms with van der Waals surface area (Å²) in [5, 5.41) is 5.70. The summed E-state index contributed by atoms with van der Waals surface area (Å²) in [6, 6.07) is 7.41. The Morgan fingerprint density at radius 3 is 2.74 bits per heavy atom. The van der Waals surface area contributed by atoms with Gasteiger partial charge in [0.1, 0.15) is 15.6 Å². The SMILES string of the molecule is COc1ccccc1NC(=O)CSc1nc(SC)nc2c1sc1nc(C(C)C)c3c(c12)CCC3. The Hall–Kier alpha value is -2.36. The molecule has 0 saturated heterocycles. The molecule has 0 atom stereocenters. The Morgan fingerprint density at radius 2 is 1.97 bits per heavy atom. The van der Waals surface area contributed by atoms with Crippen molar-refractivity contribution >= 4 is 66.9 Å². The molecule has 6 nitrogen and oxygen atoms in total. The minimum absolute atomic E-state index is 0.103. The summed E-state index contributed by atoms with van der Waals surface area (Å²) < 4.78 is 6.36. The number of carbonyl (C=O) groups is 1. The van der Waals surface area contributed by atoms with Crippen molar-refractivity contribution in [1.29, 1.82) is 0 Å². The molecule has 1 aromatic carbocycles. The number of hydrogen-bond acceptors (Lipinski definition) is 8. The van der Waals surface area contributed by atoms with E-state index in [1.54, 1.807) is 18.4 Å². The molecule has 0 bridgehead atoms. The summed E-state index contributed by atoms with van der Waals surface area (Å²) in [4.78, 5) is 28.5. The van der Waals surface area contributed by atoms with Gasteiger partial charge in [-0.2, -0.15) is 0 Å². The molecule has 4 aromatic rings. The van der Waals surface area contributed by atoms with Gasteiger partial charge in [-0.25, -0.2) is 15.0 Å². The Bertz CT molecular complexity index is 1400. The molecule has 0 aliphatic heterocycles. The molecule has 9 heteroatoms. The molecule has 0 saturated carbocycles. The highest BCUT2D eigenvalue weighted by Crippen LogP contribution is 2.43. The van der Waals surface area contributed by atoms with Crippen LogP contribution in [0.4, 0.5) is 5.69 Å². The van der Waals surface area contributed by atoms with E-state index >= 15 is 0 Å². The lowest BCUT2D eigenvalue weighted by molar-refractivity contribution is -0.113. The predicted octanol–water partition coefficient (Wildman–Crippen LogP) is 6.31. The largest absolute Gasteiger partial charge is 0.495 e. The lowest BCUT2D eigenvalue weighted by atomic mass is 9.99. The van der Waals surface area contributed by atoms with Crippen LogP contribution in [0.5, 0.6) is 5.75 Å². The summed E-state index contributed by atoms with van der Waals surface area (Å²) in [6.07, 6.45) is 5.31. The van der Waals surface area contributed by atoms with E-state index in [2.05, 4.69) is 19.2 Å². The molecular formula is C25H26N4O2S3. The van der Waals surface area contributed by atoms with E-state index in [1.807, 2.05) is 30.5 Å². The Labute approximate surface area is 211 Å². The van der Waals surface area contributed by atoms with Gasteiger partial charge >= 0.3 is 0 Å². The number of para-hydroxylation sites is 2. The number of aromatic nitrogens is 3. The number of methoxy groups -OCH3 is 1. The van der Waals surface area contributed by atoms with Gasteiger partial charge in [0.15, 0.2) is 5.16 Å². The molecule has 0 radical (unpaired) electrons. The number of thioether (sulfide) groups is 2. The third-order valence-corrected chi connectivity index (χ3v) is 8.70. The van der Waals surface area contributed by atoms with Gasteiger partial charge in [-0.05, 0) is 54.7 Å². The first-order valence-corrected chi connectivity index (χ1v) is 14.3. The minimum atomic E-state index is -0.103. The summed E-state index contributed by atoms with van der Waals surface area (Å²) in [5.74, 6) is 1.17. The quantitative estimate of drug-likeness (QED) is 0.177. The van der Waals surface area contributed by atoms with Crippen molar-refractivity contribution in [1.82, 2.24) is 15.0 Å². The van der Waals surface area contributed by atoms with Crippen LogP contribution in [0.15, 0.2) is 34.4 Å². The zero-order valence-electron chi connectivity index (χ0n) is 19.6. The number of aryl methyl sites for hydroxylation is 1. The maximum atomic E-state index is 12.7.